The van der Waals surface area contributed by atoms with Crippen LogP contribution in [0.5, 0.6) is 0 Å². The first-order valence-electron chi connectivity index (χ1n) is 9.20. The molecule has 1 N–H and O–H groups in total. The third kappa shape index (κ3) is 4.45. The van der Waals surface area contributed by atoms with E-state index in [2.05, 4.69) is 36.0 Å². The molecule has 6 nitrogen and oxygen atoms in total. The summed E-state index contributed by atoms with van der Waals surface area (Å²) in [6.07, 6.45) is 2.54. The van der Waals surface area contributed by atoms with Crippen molar-refractivity contribution in [3.05, 3.63) is 53.9 Å². The summed E-state index contributed by atoms with van der Waals surface area (Å²) in [5.41, 5.74) is 3.15. The predicted octanol–water partition coefficient (Wildman–Crippen LogP) is 2.91. The molecule has 0 atom stereocenters. The summed E-state index contributed by atoms with van der Waals surface area (Å²) in [6.45, 7) is 9.23. The Labute approximate surface area is 160 Å². The maximum Gasteiger partial charge on any atom is 0.274 e. The minimum Gasteiger partial charge on any atom is -0.368 e. The van der Waals surface area contributed by atoms with Gasteiger partial charge in [0.15, 0.2) is 0 Å². The molecule has 0 unspecified atom stereocenters. The number of carbonyl (C=O) groups excluding carboxylic acids is 2. The second-order valence-electron chi connectivity index (χ2n) is 7.78. The van der Waals surface area contributed by atoms with Gasteiger partial charge in [0.05, 0.1) is 0 Å². The van der Waals surface area contributed by atoms with Gasteiger partial charge in [-0.15, -0.1) is 0 Å². The Morgan fingerprint density at radius 1 is 1.11 bits per heavy atom. The number of amides is 2. The normalized spacial score (nSPS) is 14.8. The van der Waals surface area contributed by atoms with E-state index < -0.39 is 0 Å². The third-order valence-corrected chi connectivity index (χ3v) is 4.79. The summed E-state index contributed by atoms with van der Waals surface area (Å²) >= 11 is 0. The lowest BCUT2D eigenvalue weighted by atomic mass is 9.86. The van der Waals surface area contributed by atoms with Crippen LogP contribution in [0.2, 0.25) is 0 Å². The highest BCUT2D eigenvalue weighted by molar-refractivity contribution is 6.03. The van der Waals surface area contributed by atoms with Crippen molar-refractivity contribution >= 4 is 23.7 Å². The molecule has 2 heterocycles. The number of nitrogens with one attached hydrogen (secondary N) is 1. The van der Waals surface area contributed by atoms with Crippen LogP contribution in [-0.4, -0.2) is 48.4 Å². The topological polar surface area (TPSA) is 65.5 Å². The number of piperazine rings is 1. The first kappa shape index (κ1) is 18.9. The van der Waals surface area contributed by atoms with Gasteiger partial charge < -0.3 is 15.1 Å². The van der Waals surface area contributed by atoms with Crippen LogP contribution < -0.4 is 10.2 Å². The van der Waals surface area contributed by atoms with Crippen molar-refractivity contribution in [2.45, 2.75) is 26.2 Å². The molecule has 0 radical (unpaired) electrons. The Morgan fingerprint density at radius 2 is 1.81 bits per heavy atom. The first-order valence-corrected chi connectivity index (χ1v) is 9.20. The molecule has 3 rings (SSSR count). The largest absolute Gasteiger partial charge is 0.368 e. The number of hydrogen-bond acceptors (Lipinski definition) is 4. The third-order valence-electron chi connectivity index (χ3n) is 4.79. The Kier molecular flexibility index (Phi) is 5.44. The van der Waals surface area contributed by atoms with E-state index in [4.69, 9.17) is 0 Å². The molecule has 0 bridgehead atoms. The molecule has 1 aliphatic heterocycles. The summed E-state index contributed by atoms with van der Waals surface area (Å²) in [4.78, 5) is 31.8. The van der Waals surface area contributed by atoms with E-state index >= 15 is 0 Å². The van der Waals surface area contributed by atoms with E-state index in [1.165, 1.54) is 0 Å². The van der Waals surface area contributed by atoms with Crippen LogP contribution in [-0.2, 0) is 10.2 Å². The van der Waals surface area contributed by atoms with Crippen LogP contribution >= 0.6 is 0 Å². The molecule has 1 aromatic heterocycles. The number of anilines is 2. The molecule has 0 spiro atoms. The monoisotopic (exact) mass is 366 g/mol. The number of hydrogen-bond donors (Lipinski definition) is 1. The molecule has 1 fully saturated rings. The maximum absolute atomic E-state index is 12.8. The summed E-state index contributed by atoms with van der Waals surface area (Å²) in [7, 11) is 0. The van der Waals surface area contributed by atoms with Crippen molar-refractivity contribution in [1.82, 2.24) is 9.88 Å². The van der Waals surface area contributed by atoms with Crippen molar-refractivity contribution < 1.29 is 9.59 Å². The SMILES string of the molecule is CC(C)(C)c1ccccc1NC(=O)c1cc(N2CCN(C=O)CC2)ccn1. The van der Waals surface area contributed by atoms with Crippen LogP contribution in [0.4, 0.5) is 11.4 Å². The second kappa shape index (κ2) is 7.78. The number of para-hydroxylation sites is 1. The Hall–Kier alpha value is -2.89. The molecule has 142 valence electrons. The molecule has 1 aliphatic rings. The highest BCUT2D eigenvalue weighted by atomic mass is 16.2. The van der Waals surface area contributed by atoms with Crippen LogP contribution in [0.3, 0.4) is 0 Å². The summed E-state index contributed by atoms with van der Waals surface area (Å²) in [5.74, 6) is -0.222. The molecule has 2 amide bonds. The van der Waals surface area contributed by atoms with Crippen LogP contribution in [0.1, 0.15) is 36.8 Å². The van der Waals surface area contributed by atoms with Crippen LogP contribution in [0, 0.1) is 0 Å². The van der Waals surface area contributed by atoms with Gasteiger partial charge in [-0.05, 0) is 29.2 Å². The van der Waals surface area contributed by atoms with E-state index in [1.54, 1.807) is 11.1 Å². The molecule has 1 saturated heterocycles. The van der Waals surface area contributed by atoms with Crippen molar-refractivity contribution in [2.75, 3.05) is 36.4 Å². The number of pyridine rings is 1. The summed E-state index contributed by atoms with van der Waals surface area (Å²) in [5, 5.41) is 3.01. The minimum absolute atomic E-state index is 0.0720. The molecule has 27 heavy (non-hydrogen) atoms. The quantitative estimate of drug-likeness (QED) is 0.845. The molecule has 2 aromatic rings. The van der Waals surface area contributed by atoms with Gasteiger partial charge in [0.1, 0.15) is 5.69 Å². The lowest BCUT2D eigenvalue weighted by Gasteiger charge is -2.34. The standard InChI is InChI=1S/C21H26N4O2/c1-21(2,3)17-6-4-5-7-18(17)23-20(27)19-14-16(8-9-22-19)25-12-10-24(15-26)11-13-25/h4-9,14-15H,10-13H2,1-3H3,(H,23,27). The van der Waals surface area contributed by atoms with Gasteiger partial charge in [-0.3, -0.25) is 14.6 Å². The van der Waals surface area contributed by atoms with Crippen molar-refractivity contribution in [3.63, 3.8) is 0 Å². The molecule has 0 saturated carbocycles. The highest BCUT2D eigenvalue weighted by Gasteiger charge is 2.20. The van der Waals surface area contributed by atoms with E-state index in [9.17, 15) is 9.59 Å². The number of carbonyl (C=O) groups is 2. The lowest BCUT2D eigenvalue weighted by Crippen LogP contribution is -2.45. The van der Waals surface area contributed by atoms with E-state index in [0.717, 1.165) is 36.4 Å². The molecule has 1 aromatic carbocycles. The molecule has 0 aliphatic carbocycles. The first-order chi connectivity index (χ1) is 12.9. The van der Waals surface area contributed by atoms with Crippen LogP contribution in [0.25, 0.3) is 0 Å². The Bertz CT molecular complexity index is 821. The zero-order valence-electron chi connectivity index (χ0n) is 16.1. The minimum atomic E-state index is -0.222. The van der Waals surface area contributed by atoms with Crippen LogP contribution in [0.15, 0.2) is 42.6 Å². The van der Waals surface area contributed by atoms with E-state index in [1.807, 2.05) is 36.4 Å². The Morgan fingerprint density at radius 3 is 2.48 bits per heavy atom. The van der Waals surface area contributed by atoms with Gasteiger partial charge in [0, 0.05) is 43.8 Å². The highest BCUT2D eigenvalue weighted by Crippen LogP contribution is 2.29. The van der Waals surface area contributed by atoms with Crippen molar-refractivity contribution in [2.24, 2.45) is 0 Å². The van der Waals surface area contributed by atoms with Crippen molar-refractivity contribution in [1.29, 1.82) is 0 Å². The average molecular weight is 366 g/mol. The lowest BCUT2D eigenvalue weighted by molar-refractivity contribution is -0.118. The number of rotatable bonds is 4. The maximum atomic E-state index is 12.8. The number of benzene rings is 1. The smallest absolute Gasteiger partial charge is 0.274 e. The molecular weight excluding hydrogens is 340 g/mol. The van der Waals surface area contributed by atoms with Gasteiger partial charge in [-0.1, -0.05) is 39.0 Å². The summed E-state index contributed by atoms with van der Waals surface area (Å²) in [6, 6.07) is 11.6. The zero-order chi connectivity index (χ0) is 19.4. The fraction of sp³-hybridized carbons (Fsp3) is 0.381. The number of nitrogens with zero attached hydrogens (tertiary/aromatic N) is 3. The molecular formula is C21H26N4O2. The van der Waals surface area contributed by atoms with E-state index in [0.29, 0.717) is 18.8 Å². The second-order valence-corrected chi connectivity index (χ2v) is 7.78. The van der Waals surface area contributed by atoms with Gasteiger partial charge in [-0.2, -0.15) is 0 Å². The molecule has 6 heteroatoms. The summed E-state index contributed by atoms with van der Waals surface area (Å²) < 4.78 is 0. The van der Waals surface area contributed by atoms with Gasteiger partial charge in [0.2, 0.25) is 6.41 Å². The fourth-order valence-electron chi connectivity index (χ4n) is 3.26. The van der Waals surface area contributed by atoms with Gasteiger partial charge in [0.25, 0.3) is 5.91 Å². The van der Waals surface area contributed by atoms with E-state index in [-0.39, 0.29) is 11.3 Å². The van der Waals surface area contributed by atoms with Gasteiger partial charge >= 0.3 is 0 Å². The van der Waals surface area contributed by atoms with Crippen molar-refractivity contribution in [3.8, 4) is 0 Å². The average Bonchev–Trinajstić information content (AvgIpc) is 2.68. The fourth-order valence-corrected chi connectivity index (χ4v) is 3.26. The predicted molar refractivity (Wildman–Crippen MR) is 107 cm³/mol. The zero-order valence-corrected chi connectivity index (χ0v) is 16.1. The Balaban J connectivity index is 1.76. The van der Waals surface area contributed by atoms with Gasteiger partial charge in [-0.25, -0.2) is 0 Å². The number of aromatic nitrogens is 1.